The number of hydrogen-bond donors (Lipinski definition) is 1. The lowest BCUT2D eigenvalue weighted by Gasteiger charge is -2.36. The summed E-state index contributed by atoms with van der Waals surface area (Å²) in [5, 5.41) is 3.36. The van der Waals surface area contributed by atoms with Gasteiger partial charge >= 0.3 is 0 Å². The maximum Gasteiger partial charge on any atom is 0.240 e. The Balaban J connectivity index is 1.98. The summed E-state index contributed by atoms with van der Waals surface area (Å²) in [6.07, 6.45) is 4.42. The van der Waals surface area contributed by atoms with Crippen molar-refractivity contribution in [2.45, 2.75) is 44.7 Å². The zero-order chi connectivity index (χ0) is 12.3. The number of carbonyl (C=O) groups is 1. The number of likely N-dealkylation sites (N-methyl/N-ethyl adjacent to an activating group) is 2. The maximum atomic E-state index is 12.6. The van der Waals surface area contributed by atoms with Crippen LogP contribution in [0.15, 0.2) is 0 Å². The van der Waals surface area contributed by atoms with Crippen LogP contribution in [-0.4, -0.2) is 61.0 Å². The molecule has 0 aromatic rings. The number of hydrogen-bond acceptors (Lipinski definition) is 3. The lowest BCUT2D eigenvalue weighted by Crippen LogP contribution is -2.51. The van der Waals surface area contributed by atoms with Crippen molar-refractivity contribution in [2.75, 3.05) is 33.2 Å². The minimum absolute atomic E-state index is 0.143. The summed E-state index contributed by atoms with van der Waals surface area (Å²) in [4.78, 5) is 16.9. The van der Waals surface area contributed by atoms with Crippen LogP contribution in [0.5, 0.6) is 0 Å². The Labute approximate surface area is 104 Å². The molecule has 17 heavy (non-hydrogen) atoms. The third kappa shape index (κ3) is 2.80. The minimum atomic E-state index is 0.143. The van der Waals surface area contributed by atoms with Crippen LogP contribution in [-0.2, 0) is 4.79 Å². The first-order valence-electron chi connectivity index (χ1n) is 6.95. The van der Waals surface area contributed by atoms with Gasteiger partial charge in [0.15, 0.2) is 0 Å². The van der Waals surface area contributed by atoms with Gasteiger partial charge in [-0.05, 0) is 59.3 Å². The van der Waals surface area contributed by atoms with Crippen molar-refractivity contribution in [3.05, 3.63) is 0 Å². The minimum Gasteiger partial charge on any atom is -0.339 e. The van der Waals surface area contributed by atoms with E-state index in [0.717, 1.165) is 51.9 Å². The number of carbonyl (C=O) groups excluding carboxylic acids is 1. The van der Waals surface area contributed by atoms with Crippen molar-refractivity contribution < 1.29 is 4.79 Å². The fraction of sp³-hybridized carbons (Fsp3) is 0.923. The van der Waals surface area contributed by atoms with E-state index in [0.29, 0.717) is 11.9 Å². The lowest BCUT2D eigenvalue weighted by molar-refractivity contribution is -0.138. The van der Waals surface area contributed by atoms with Gasteiger partial charge in [0.1, 0.15) is 0 Å². The monoisotopic (exact) mass is 239 g/mol. The molecule has 2 aliphatic rings. The van der Waals surface area contributed by atoms with Crippen LogP contribution in [0.4, 0.5) is 0 Å². The van der Waals surface area contributed by atoms with E-state index in [1.54, 1.807) is 0 Å². The van der Waals surface area contributed by atoms with Crippen LogP contribution >= 0.6 is 0 Å². The van der Waals surface area contributed by atoms with Gasteiger partial charge in [-0.15, -0.1) is 0 Å². The SMILES string of the molecule is CCN(C(=O)[C@H]1CCCN1C)C1CCNCC1. The second-order valence-electron chi connectivity index (χ2n) is 5.24. The molecule has 2 aliphatic heterocycles. The molecule has 2 heterocycles. The second-order valence-corrected chi connectivity index (χ2v) is 5.24. The molecule has 0 spiro atoms. The van der Waals surface area contributed by atoms with Gasteiger partial charge in [0.2, 0.25) is 5.91 Å². The van der Waals surface area contributed by atoms with E-state index < -0.39 is 0 Å². The average Bonchev–Trinajstić information content (AvgIpc) is 2.77. The maximum absolute atomic E-state index is 12.6. The van der Waals surface area contributed by atoms with Crippen molar-refractivity contribution in [3.63, 3.8) is 0 Å². The molecule has 1 amide bonds. The van der Waals surface area contributed by atoms with Gasteiger partial charge in [-0.2, -0.15) is 0 Å². The molecule has 2 saturated heterocycles. The zero-order valence-corrected chi connectivity index (χ0v) is 11.1. The van der Waals surface area contributed by atoms with Crippen molar-refractivity contribution in [1.29, 1.82) is 0 Å². The summed E-state index contributed by atoms with van der Waals surface area (Å²) in [5.41, 5.74) is 0. The Hall–Kier alpha value is -0.610. The number of rotatable bonds is 3. The Bertz CT molecular complexity index is 263. The molecular formula is C13H25N3O. The number of piperidine rings is 1. The normalized spacial score (nSPS) is 27.3. The lowest BCUT2D eigenvalue weighted by atomic mass is 10.0. The summed E-state index contributed by atoms with van der Waals surface area (Å²) < 4.78 is 0. The van der Waals surface area contributed by atoms with Gasteiger partial charge in [0.05, 0.1) is 6.04 Å². The molecule has 0 radical (unpaired) electrons. The van der Waals surface area contributed by atoms with E-state index in [-0.39, 0.29) is 6.04 Å². The Morgan fingerprint density at radius 2 is 2.06 bits per heavy atom. The first-order valence-corrected chi connectivity index (χ1v) is 6.95. The number of amides is 1. The highest BCUT2D eigenvalue weighted by Gasteiger charge is 2.33. The van der Waals surface area contributed by atoms with Gasteiger partial charge in [-0.1, -0.05) is 0 Å². The molecule has 98 valence electrons. The quantitative estimate of drug-likeness (QED) is 0.787. The molecule has 4 heteroatoms. The molecule has 2 rings (SSSR count). The summed E-state index contributed by atoms with van der Waals surface area (Å²) in [5.74, 6) is 0.361. The van der Waals surface area contributed by atoms with Gasteiger partial charge in [0.25, 0.3) is 0 Å². The molecule has 4 nitrogen and oxygen atoms in total. The van der Waals surface area contributed by atoms with E-state index in [1.807, 2.05) is 0 Å². The second kappa shape index (κ2) is 5.83. The summed E-state index contributed by atoms with van der Waals surface area (Å²) >= 11 is 0. The highest BCUT2D eigenvalue weighted by molar-refractivity contribution is 5.82. The van der Waals surface area contributed by atoms with Gasteiger partial charge in [-0.3, -0.25) is 9.69 Å². The summed E-state index contributed by atoms with van der Waals surface area (Å²) in [6, 6.07) is 0.604. The van der Waals surface area contributed by atoms with Crippen molar-refractivity contribution in [1.82, 2.24) is 15.1 Å². The van der Waals surface area contributed by atoms with E-state index >= 15 is 0 Å². The van der Waals surface area contributed by atoms with E-state index in [9.17, 15) is 4.79 Å². The number of nitrogens with zero attached hydrogens (tertiary/aromatic N) is 2. The molecule has 0 unspecified atom stereocenters. The highest BCUT2D eigenvalue weighted by atomic mass is 16.2. The third-order valence-electron chi connectivity index (χ3n) is 4.18. The van der Waals surface area contributed by atoms with Crippen LogP contribution in [0.1, 0.15) is 32.6 Å². The van der Waals surface area contributed by atoms with Crippen molar-refractivity contribution in [2.24, 2.45) is 0 Å². The fourth-order valence-corrected chi connectivity index (χ4v) is 3.13. The number of nitrogens with one attached hydrogen (secondary N) is 1. The fourth-order valence-electron chi connectivity index (χ4n) is 3.13. The molecule has 0 aromatic carbocycles. The first-order chi connectivity index (χ1) is 8.24. The molecular weight excluding hydrogens is 214 g/mol. The molecule has 2 fully saturated rings. The van der Waals surface area contributed by atoms with Gasteiger partial charge in [-0.25, -0.2) is 0 Å². The third-order valence-corrected chi connectivity index (χ3v) is 4.18. The standard InChI is InChI=1S/C13H25N3O/c1-3-16(11-6-8-14-9-7-11)13(17)12-5-4-10-15(12)2/h11-12,14H,3-10H2,1-2H3/t12-/m1/s1. The predicted molar refractivity (Wildman–Crippen MR) is 68.9 cm³/mol. The van der Waals surface area contributed by atoms with Crippen LogP contribution in [0.2, 0.25) is 0 Å². The van der Waals surface area contributed by atoms with Crippen molar-refractivity contribution >= 4 is 5.91 Å². The number of likely N-dealkylation sites (tertiary alicyclic amines) is 1. The Kier molecular flexibility index (Phi) is 4.40. The van der Waals surface area contributed by atoms with Crippen LogP contribution < -0.4 is 5.32 Å². The van der Waals surface area contributed by atoms with Crippen LogP contribution in [0, 0.1) is 0 Å². The average molecular weight is 239 g/mol. The molecule has 1 atom stereocenters. The smallest absolute Gasteiger partial charge is 0.240 e. The van der Waals surface area contributed by atoms with E-state index in [1.165, 1.54) is 0 Å². The van der Waals surface area contributed by atoms with Crippen LogP contribution in [0.3, 0.4) is 0 Å². The topological polar surface area (TPSA) is 35.6 Å². The largest absolute Gasteiger partial charge is 0.339 e. The molecule has 1 N–H and O–H groups in total. The molecule has 0 saturated carbocycles. The Morgan fingerprint density at radius 3 is 2.59 bits per heavy atom. The van der Waals surface area contributed by atoms with E-state index in [4.69, 9.17) is 0 Å². The first kappa shape index (κ1) is 12.8. The van der Waals surface area contributed by atoms with Gasteiger partial charge < -0.3 is 10.2 Å². The highest BCUT2D eigenvalue weighted by Crippen LogP contribution is 2.20. The van der Waals surface area contributed by atoms with Crippen molar-refractivity contribution in [3.8, 4) is 0 Å². The van der Waals surface area contributed by atoms with Crippen LogP contribution in [0.25, 0.3) is 0 Å². The summed E-state index contributed by atoms with van der Waals surface area (Å²) in [6.45, 7) is 6.13. The Morgan fingerprint density at radius 1 is 1.35 bits per heavy atom. The van der Waals surface area contributed by atoms with Gasteiger partial charge in [0, 0.05) is 12.6 Å². The molecule has 0 aliphatic carbocycles. The predicted octanol–water partition coefficient (Wildman–Crippen LogP) is 0.681. The zero-order valence-electron chi connectivity index (χ0n) is 11.1. The summed E-state index contributed by atoms with van der Waals surface area (Å²) in [7, 11) is 2.08. The molecule has 0 bridgehead atoms. The molecule has 0 aromatic heterocycles. The van der Waals surface area contributed by atoms with E-state index in [2.05, 4.69) is 29.1 Å².